The van der Waals surface area contributed by atoms with Crippen LogP contribution < -0.4 is 10.6 Å². The summed E-state index contributed by atoms with van der Waals surface area (Å²) in [5, 5.41) is 5.89. The number of carbonyl (C=O) groups excluding carboxylic acids is 1. The summed E-state index contributed by atoms with van der Waals surface area (Å²) in [6.45, 7) is 5.23. The molecule has 1 atom stereocenters. The largest absolute Gasteiger partial charge is 0.373 e. The molecule has 0 aliphatic heterocycles. The molecule has 4 heteroatoms. The maximum atomic E-state index is 11.9. The maximum absolute atomic E-state index is 11.9. The molecule has 2 rings (SSSR count). The number of nitrogens with zero attached hydrogens (tertiary/aromatic N) is 1. The number of hydrogen-bond donors (Lipinski definition) is 2. The van der Waals surface area contributed by atoms with Crippen molar-refractivity contribution in [3.05, 3.63) is 23.9 Å². The lowest BCUT2D eigenvalue weighted by molar-refractivity contribution is 0.0950. The molecule has 0 radical (unpaired) electrons. The fourth-order valence-electron chi connectivity index (χ4n) is 1.95. The Morgan fingerprint density at radius 1 is 1.59 bits per heavy atom. The molecule has 1 aromatic heterocycles. The van der Waals surface area contributed by atoms with E-state index in [0.29, 0.717) is 22.7 Å². The Morgan fingerprint density at radius 2 is 2.29 bits per heavy atom. The summed E-state index contributed by atoms with van der Waals surface area (Å²) < 4.78 is 0. The van der Waals surface area contributed by atoms with Gasteiger partial charge >= 0.3 is 0 Å². The lowest BCUT2D eigenvalue weighted by atomic mass is 10.1. The van der Waals surface area contributed by atoms with E-state index in [4.69, 9.17) is 0 Å². The third kappa shape index (κ3) is 2.75. The van der Waals surface area contributed by atoms with Crippen LogP contribution in [0.4, 0.5) is 5.82 Å². The number of pyridine rings is 1. The molecule has 0 spiro atoms. The predicted octanol–water partition coefficient (Wildman–Crippen LogP) is 1.90. The molecule has 1 aliphatic rings. The van der Waals surface area contributed by atoms with Crippen LogP contribution in [-0.4, -0.2) is 24.5 Å². The fourth-order valence-corrected chi connectivity index (χ4v) is 1.95. The third-order valence-corrected chi connectivity index (χ3v) is 3.50. The van der Waals surface area contributed by atoms with E-state index >= 15 is 0 Å². The summed E-state index contributed by atoms with van der Waals surface area (Å²) in [4.78, 5) is 16.0. The highest BCUT2D eigenvalue weighted by molar-refractivity contribution is 5.94. The number of carbonyl (C=O) groups is 1. The van der Waals surface area contributed by atoms with Crippen molar-refractivity contribution in [3.63, 3.8) is 0 Å². The zero-order chi connectivity index (χ0) is 12.5. The molecule has 1 amide bonds. The second-order valence-corrected chi connectivity index (χ2v) is 5.28. The smallest absolute Gasteiger partial charge is 0.251 e. The van der Waals surface area contributed by atoms with E-state index in [9.17, 15) is 4.79 Å². The van der Waals surface area contributed by atoms with Crippen molar-refractivity contribution in [2.45, 2.75) is 20.3 Å². The van der Waals surface area contributed by atoms with E-state index in [0.717, 1.165) is 6.54 Å². The Hall–Kier alpha value is -1.58. The molecule has 0 bridgehead atoms. The van der Waals surface area contributed by atoms with Gasteiger partial charge < -0.3 is 10.6 Å². The van der Waals surface area contributed by atoms with Crippen LogP contribution in [0, 0.1) is 11.3 Å². The van der Waals surface area contributed by atoms with Crippen LogP contribution in [0.3, 0.4) is 0 Å². The van der Waals surface area contributed by atoms with Gasteiger partial charge in [0.2, 0.25) is 0 Å². The van der Waals surface area contributed by atoms with Crippen molar-refractivity contribution in [1.82, 2.24) is 10.3 Å². The normalized spacial score (nSPS) is 20.8. The Bertz CT molecular complexity index is 428. The standard InChI is InChI=1S/C13H19N3O/c1-13(2)7-10(13)8-16-12(17)9-4-5-15-11(6-9)14-3/h4-6,10H,7-8H2,1-3H3,(H,14,15)(H,16,17). The van der Waals surface area contributed by atoms with Gasteiger partial charge in [-0.3, -0.25) is 4.79 Å². The van der Waals surface area contributed by atoms with Gasteiger partial charge in [0.05, 0.1) is 0 Å². The number of nitrogens with one attached hydrogen (secondary N) is 2. The second kappa shape index (κ2) is 4.35. The zero-order valence-electron chi connectivity index (χ0n) is 10.6. The summed E-state index contributed by atoms with van der Waals surface area (Å²) in [7, 11) is 1.79. The van der Waals surface area contributed by atoms with Crippen LogP contribution in [0.15, 0.2) is 18.3 Å². The summed E-state index contributed by atoms with van der Waals surface area (Å²) in [5.74, 6) is 1.31. The summed E-state index contributed by atoms with van der Waals surface area (Å²) in [5.41, 5.74) is 1.06. The molecular weight excluding hydrogens is 214 g/mol. The van der Waals surface area contributed by atoms with Gasteiger partial charge in [0, 0.05) is 25.4 Å². The number of hydrogen-bond acceptors (Lipinski definition) is 3. The minimum absolute atomic E-state index is 0.0217. The molecule has 1 saturated carbocycles. The average Bonchev–Trinajstić information content (AvgIpc) is 2.94. The van der Waals surface area contributed by atoms with Crippen LogP contribution in [0.25, 0.3) is 0 Å². The summed E-state index contributed by atoms with van der Waals surface area (Å²) in [6.07, 6.45) is 2.84. The number of amides is 1. The van der Waals surface area contributed by atoms with Crippen molar-refractivity contribution in [3.8, 4) is 0 Å². The van der Waals surface area contributed by atoms with Crippen molar-refractivity contribution in [1.29, 1.82) is 0 Å². The Morgan fingerprint density at radius 3 is 2.88 bits per heavy atom. The van der Waals surface area contributed by atoms with Gasteiger partial charge in [-0.15, -0.1) is 0 Å². The lowest BCUT2D eigenvalue weighted by Gasteiger charge is -2.07. The zero-order valence-corrected chi connectivity index (χ0v) is 10.6. The number of anilines is 1. The van der Waals surface area contributed by atoms with E-state index in [-0.39, 0.29) is 5.91 Å². The molecule has 1 aromatic rings. The Kier molecular flexibility index (Phi) is 3.05. The van der Waals surface area contributed by atoms with Crippen molar-refractivity contribution >= 4 is 11.7 Å². The minimum atomic E-state index is -0.0217. The molecule has 0 aromatic carbocycles. The molecule has 1 fully saturated rings. The van der Waals surface area contributed by atoms with Crippen LogP contribution in [0.5, 0.6) is 0 Å². The molecule has 2 N–H and O–H groups in total. The van der Waals surface area contributed by atoms with E-state index in [1.807, 2.05) is 0 Å². The van der Waals surface area contributed by atoms with Gasteiger partial charge in [-0.1, -0.05) is 13.8 Å². The van der Waals surface area contributed by atoms with Gasteiger partial charge in [0.15, 0.2) is 0 Å². The van der Waals surface area contributed by atoms with E-state index in [1.165, 1.54) is 6.42 Å². The molecule has 1 heterocycles. The average molecular weight is 233 g/mol. The molecule has 92 valence electrons. The Balaban J connectivity index is 1.91. The van der Waals surface area contributed by atoms with Gasteiger partial charge in [-0.05, 0) is 29.9 Å². The molecule has 17 heavy (non-hydrogen) atoms. The highest BCUT2D eigenvalue weighted by Gasteiger charge is 2.45. The van der Waals surface area contributed by atoms with Gasteiger partial charge in [-0.25, -0.2) is 4.98 Å². The number of rotatable bonds is 4. The first kappa shape index (κ1) is 11.9. The summed E-state index contributed by atoms with van der Waals surface area (Å²) >= 11 is 0. The highest BCUT2D eigenvalue weighted by atomic mass is 16.1. The molecule has 0 saturated heterocycles. The highest BCUT2D eigenvalue weighted by Crippen LogP contribution is 2.50. The predicted molar refractivity (Wildman–Crippen MR) is 68.0 cm³/mol. The van der Waals surface area contributed by atoms with Crippen LogP contribution in [0.1, 0.15) is 30.6 Å². The van der Waals surface area contributed by atoms with Crippen molar-refractivity contribution in [2.24, 2.45) is 11.3 Å². The van der Waals surface area contributed by atoms with E-state index in [1.54, 1.807) is 25.4 Å². The van der Waals surface area contributed by atoms with Crippen molar-refractivity contribution < 1.29 is 4.79 Å². The fraction of sp³-hybridized carbons (Fsp3) is 0.538. The Labute approximate surface area is 102 Å². The topological polar surface area (TPSA) is 54.0 Å². The first-order valence-electron chi connectivity index (χ1n) is 5.95. The van der Waals surface area contributed by atoms with E-state index in [2.05, 4.69) is 29.5 Å². The summed E-state index contributed by atoms with van der Waals surface area (Å²) in [6, 6.07) is 3.49. The minimum Gasteiger partial charge on any atom is -0.373 e. The molecule has 1 aliphatic carbocycles. The van der Waals surface area contributed by atoms with Crippen LogP contribution in [0.2, 0.25) is 0 Å². The lowest BCUT2D eigenvalue weighted by Crippen LogP contribution is -2.26. The maximum Gasteiger partial charge on any atom is 0.251 e. The molecule has 4 nitrogen and oxygen atoms in total. The monoisotopic (exact) mass is 233 g/mol. The second-order valence-electron chi connectivity index (χ2n) is 5.28. The van der Waals surface area contributed by atoms with Crippen LogP contribution in [-0.2, 0) is 0 Å². The van der Waals surface area contributed by atoms with Gasteiger partial charge in [0.25, 0.3) is 5.91 Å². The quantitative estimate of drug-likeness (QED) is 0.835. The third-order valence-electron chi connectivity index (χ3n) is 3.50. The van der Waals surface area contributed by atoms with Gasteiger partial charge in [-0.2, -0.15) is 0 Å². The van der Waals surface area contributed by atoms with Crippen molar-refractivity contribution in [2.75, 3.05) is 18.9 Å². The van der Waals surface area contributed by atoms with E-state index < -0.39 is 0 Å². The van der Waals surface area contributed by atoms with Gasteiger partial charge in [0.1, 0.15) is 5.82 Å². The first-order valence-corrected chi connectivity index (χ1v) is 5.95. The molecular formula is C13H19N3O. The molecule has 1 unspecified atom stereocenters. The SMILES string of the molecule is CNc1cc(C(=O)NCC2CC2(C)C)ccn1. The first-order chi connectivity index (χ1) is 8.03. The number of aromatic nitrogens is 1. The van der Waals surface area contributed by atoms with Crippen LogP contribution >= 0.6 is 0 Å².